The van der Waals surface area contributed by atoms with E-state index in [-0.39, 0.29) is 5.54 Å². The van der Waals surface area contributed by atoms with Crippen molar-refractivity contribution in [1.29, 1.82) is 0 Å². The van der Waals surface area contributed by atoms with E-state index >= 15 is 0 Å². The maximum atomic E-state index is 3.69. The summed E-state index contributed by atoms with van der Waals surface area (Å²) in [6, 6.07) is 5.08. The number of allylic oxidation sites excluding steroid dienone is 1. The molecule has 1 aliphatic heterocycles. The van der Waals surface area contributed by atoms with Crippen molar-refractivity contribution < 1.29 is 0 Å². The third kappa shape index (κ3) is 3.76. The highest BCUT2D eigenvalue weighted by atomic mass is 32.2. The van der Waals surface area contributed by atoms with Crippen LogP contribution >= 0.6 is 11.8 Å². The van der Waals surface area contributed by atoms with Gasteiger partial charge in [0.2, 0.25) is 0 Å². The number of anilines is 2. The van der Waals surface area contributed by atoms with Crippen molar-refractivity contribution in [2.75, 3.05) is 16.4 Å². The number of hydrogen-bond donors (Lipinski definition) is 2. The van der Waals surface area contributed by atoms with Crippen LogP contribution in [-0.2, 0) is 0 Å². The van der Waals surface area contributed by atoms with Crippen molar-refractivity contribution in [2.24, 2.45) is 0 Å². The molecule has 1 heterocycles. The molecular weight excluding hydrogens is 276 g/mol. The number of hydrogen-bond acceptors (Lipinski definition) is 3. The van der Waals surface area contributed by atoms with Gasteiger partial charge >= 0.3 is 0 Å². The second-order valence-electron chi connectivity index (χ2n) is 6.46. The molecule has 0 amide bonds. The minimum absolute atomic E-state index is 0.0196. The summed E-state index contributed by atoms with van der Waals surface area (Å²) >= 11 is 1.91. The Balaban J connectivity index is 2.47. The molecule has 116 valence electrons. The van der Waals surface area contributed by atoms with Gasteiger partial charge in [-0.1, -0.05) is 19.9 Å². The molecule has 0 radical (unpaired) electrons. The average Bonchev–Trinajstić information content (AvgIpc) is 2.39. The van der Waals surface area contributed by atoms with E-state index in [1.165, 1.54) is 27.4 Å². The molecule has 21 heavy (non-hydrogen) atoms. The first-order chi connectivity index (χ1) is 9.86. The first kappa shape index (κ1) is 16.3. The molecule has 1 aromatic rings. The Morgan fingerprint density at radius 1 is 1.29 bits per heavy atom. The summed E-state index contributed by atoms with van der Waals surface area (Å²) in [6.45, 7) is 13.3. The molecule has 0 saturated carbocycles. The number of rotatable bonds is 5. The summed E-state index contributed by atoms with van der Waals surface area (Å²) in [5.74, 6) is 1.09. The first-order valence-electron chi connectivity index (χ1n) is 7.91. The molecule has 0 aromatic heterocycles. The number of nitrogens with one attached hydrogen (secondary N) is 2. The lowest BCUT2D eigenvalue weighted by Gasteiger charge is -2.33. The van der Waals surface area contributed by atoms with Crippen molar-refractivity contribution in [3.63, 3.8) is 0 Å². The van der Waals surface area contributed by atoms with E-state index in [0.717, 1.165) is 12.2 Å². The Kier molecular flexibility index (Phi) is 4.92. The summed E-state index contributed by atoms with van der Waals surface area (Å²) < 4.78 is 0. The quantitative estimate of drug-likeness (QED) is 0.691. The fraction of sp³-hybridized carbons (Fsp3) is 0.556. The predicted molar refractivity (Wildman–Crippen MR) is 97.6 cm³/mol. The van der Waals surface area contributed by atoms with Gasteiger partial charge in [-0.2, -0.15) is 0 Å². The normalized spacial score (nSPS) is 17.5. The van der Waals surface area contributed by atoms with Crippen LogP contribution in [0.15, 0.2) is 23.1 Å². The van der Waals surface area contributed by atoms with Gasteiger partial charge in [0, 0.05) is 22.2 Å². The van der Waals surface area contributed by atoms with E-state index < -0.39 is 0 Å². The Labute approximate surface area is 133 Å². The van der Waals surface area contributed by atoms with Crippen LogP contribution < -0.4 is 10.6 Å². The van der Waals surface area contributed by atoms with Crippen LogP contribution in [-0.4, -0.2) is 17.3 Å². The SMILES string of the molecule is CCSc1cc(NC(C)CC)cc2c1NC(C)(C)C=C2C. The molecule has 2 nitrogen and oxygen atoms in total. The van der Waals surface area contributed by atoms with Gasteiger partial charge in [-0.25, -0.2) is 0 Å². The highest BCUT2D eigenvalue weighted by molar-refractivity contribution is 7.99. The van der Waals surface area contributed by atoms with Gasteiger partial charge in [0.15, 0.2) is 0 Å². The van der Waals surface area contributed by atoms with Crippen LogP contribution in [0.2, 0.25) is 0 Å². The van der Waals surface area contributed by atoms with Crippen molar-refractivity contribution in [3.05, 3.63) is 23.8 Å². The molecule has 1 atom stereocenters. The summed E-state index contributed by atoms with van der Waals surface area (Å²) in [5.41, 5.74) is 5.24. The Bertz CT molecular complexity index is 546. The maximum absolute atomic E-state index is 3.69. The maximum Gasteiger partial charge on any atom is 0.0562 e. The van der Waals surface area contributed by atoms with E-state index in [1.54, 1.807) is 0 Å². The molecule has 1 unspecified atom stereocenters. The fourth-order valence-electron chi connectivity index (χ4n) is 2.77. The lowest BCUT2D eigenvalue weighted by atomic mass is 9.91. The Hall–Kier alpha value is -1.09. The van der Waals surface area contributed by atoms with Crippen LogP contribution in [0.5, 0.6) is 0 Å². The average molecular weight is 305 g/mol. The second-order valence-corrected chi connectivity index (χ2v) is 7.76. The van der Waals surface area contributed by atoms with Gasteiger partial charge in [0.05, 0.1) is 11.2 Å². The second kappa shape index (κ2) is 6.35. The molecule has 0 spiro atoms. The van der Waals surface area contributed by atoms with Gasteiger partial charge in [-0.15, -0.1) is 11.8 Å². The molecule has 1 aromatic carbocycles. The molecule has 2 N–H and O–H groups in total. The van der Waals surface area contributed by atoms with Crippen molar-refractivity contribution in [1.82, 2.24) is 0 Å². The lowest BCUT2D eigenvalue weighted by molar-refractivity contribution is 0.704. The van der Waals surface area contributed by atoms with Gasteiger partial charge in [0.1, 0.15) is 0 Å². The summed E-state index contributed by atoms with van der Waals surface area (Å²) in [5, 5.41) is 7.30. The molecular formula is C18H28N2S. The minimum atomic E-state index is 0.0196. The van der Waals surface area contributed by atoms with E-state index in [9.17, 15) is 0 Å². The van der Waals surface area contributed by atoms with Gasteiger partial charge in [0.25, 0.3) is 0 Å². The number of fused-ring (bicyclic) bond motifs is 1. The molecule has 2 rings (SSSR count). The standard InChI is InChI=1S/C18H28N2S/c1-7-13(4)19-14-9-15-12(3)11-18(5,6)20-17(15)16(10-14)21-8-2/h9-11,13,19-20H,7-8H2,1-6H3. The zero-order valence-electron chi connectivity index (χ0n) is 14.1. The van der Waals surface area contributed by atoms with Crippen LogP contribution in [0.25, 0.3) is 5.57 Å². The van der Waals surface area contributed by atoms with Gasteiger partial charge in [-0.05, 0) is 57.6 Å². The number of benzene rings is 1. The first-order valence-corrected chi connectivity index (χ1v) is 8.90. The largest absolute Gasteiger partial charge is 0.383 e. The van der Waals surface area contributed by atoms with Crippen LogP contribution in [0.1, 0.15) is 53.5 Å². The molecule has 0 bridgehead atoms. The van der Waals surface area contributed by atoms with Crippen LogP contribution in [0.3, 0.4) is 0 Å². The lowest BCUT2D eigenvalue weighted by Crippen LogP contribution is -2.32. The van der Waals surface area contributed by atoms with Gasteiger partial charge < -0.3 is 10.6 Å². The van der Waals surface area contributed by atoms with E-state index in [0.29, 0.717) is 6.04 Å². The van der Waals surface area contributed by atoms with Crippen molar-refractivity contribution in [3.8, 4) is 0 Å². The third-order valence-electron chi connectivity index (χ3n) is 3.88. The molecule has 0 saturated heterocycles. The van der Waals surface area contributed by atoms with Gasteiger partial charge in [-0.3, -0.25) is 0 Å². The van der Waals surface area contributed by atoms with E-state index in [4.69, 9.17) is 0 Å². The van der Waals surface area contributed by atoms with E-state index in [2.05, 4.69) is 70.4 Å². The highest BCUT2D eigenvalue weighted by Gasteiger charge is 2.25. The third-order valence-corrected chi connectivity index (χ3v) is 4.80. The molecule has 0 aliphatic carbocycles. The zero-order valence-corrected chi connectivity index (χ0v) is 14.9. The molecule has 3 heteroatoms. The zero-order chi connectivity index (χ0) is 15.6. The summed E-state index contributed by atoms with van der Waals surface area (Å²) in [4.78, 5) is 1.35. The van der Waals surface area contributed by atoms with Crippen LogP contribution in [0, 0.1) is 0 Å². The van der Waals surface area contributed by atoms with Crippen molar-refractivity contribution >= 4 is 28.7 Å². The van der Waals surface area contributed by atoms with Crippen LogP contribution in [0.4, 0.5) is 11.4 Å². The summed E-state index contributed by atoms with van der Waals surface area (Å²) in [6.07, 6.45) is 3.45. The highest BCUT2D eigenvalue weighted by Crippen LogP contribution is 2.42. The van der Waals surface area contributed by atoms with E-state index in [1.807, 2.05) is 11.8 Å². The fourth-order valence-corrected chi connectivity index (χ4v) is 3.60. The Morgan fingerprint density at radius 2 is 2.00 bits per heavy atom. The summed E-state index contributed by atoms with van der Waals surface area (Å²) in [7, 11) is 0. The van der Waals surface area contributed by atoms with Crippen molar-refractivity contribution in [2.45, 2.75) is 64.4 Å². The Morgan fingerprint density at radius 3 is 2.62 bits per heavy atom. The number of thioether (sulfide) groups is 1. The monoisotopic (exact) mass is 304 g/mol. The molecule has 1 aliphatic rings. The topological polar surface area (TPSA) is 24.1 Å². The predicted octanol–water partition coefficient (Wildman–Crippen LogP) is 5.62. The molecule has 0 fully saturated rings. The smallest absolute Gasteiger partial charge is 0.0562 e. The minimum Gasteiger partial charge on any atom is -0.383 e.